The van der Waals surface area contributed by atoms with Crippen LogP contribution in [0.5, 0.6) is 0 Å². The van der Waals surface area contributed by atoms with Crippen LogP contribution in [-0.4, -0.2) is 19.7 Å². The minimum Gasteiger partial charge on any atom is -0.459 e. The van der Waals surface area contributed by atoms with Crippen LogP contribution in [0.3, 0.4) is 0 Å². The summed E-state index contributed by atoms with van der Waals surface area (Å²) in [5, 5.41) is 0.664. The summed E-state index contributed by atoms with van der Waals surface area (Å²) in [4.78, 5) is 10.9. The molecule has 0 aromatic heterocycles. The fraction of sp³-hybridized carbons (Fsp3) is 0.300. The predicted octanol–water partition coefficient (Wildman–Crippen LogP) is 2.03. The van der Waals surface area contributed by atoms with E-state index in [1.165, 1.54) is 7.11 Å². The van der Waals surface area contributed by atoms with Crippen LogP contribution < -0.4 is 0 Å². The second-order valence-corrected chi connectivity index (χ2v) is 3.16. The topological polar surface area (TPSA) is 35.5 Å². The summed E-state index contributed by atoms with van der Waals surface area (Å²) < 4.78 is 9.52. The van der Waals surface area contributed by atoms with E-state index in [1.54, 1.807) is 12.1 Å². The van der Waals surface area contributed by atoms with Gasteiger partial charge in [0, 0.05) is 12.1 Å². The van der Waals surface area contributed by atoms with Crippen LogP contribution in [0.2, 0.25) is 5.02 Å². The van der Waals surface area contributed by atoms with Gasteiger partial charge in [-0.2, -0.15) is 0 Å². The molecule has 0 saturated heterocycles. The first kappa shape index (κ1) is 11.0. The van der Waals surface area contributed by atoms with Crippen molar-refractivity contribution in [3.63, 3.8) is 0 Å². The van der Waals surface area contributed by atoms with Crippen molar-refractivity contribution in [2.45, 2.75) is 6.61 Å². The van der Waals surface area contributed by atoms with Gasteiger partial charge >= 0.3 is 5.97 Å². The third-order valence-corrected chi connectivity index (χ3v) is 1.83. The number of hydrogen-bond donors (Lipinski definition) is 0. The summed E-state index contributed by atoms with van der Waals surface area (Å²) in [6, 6.07) is 7.12. The first-order chi connectivity index (χ1) is 6.72. The number of methoxy groups -OCH3 is 1. The zero-order chi connectivity index (χ0) is 10.4. The third kappa shape index (κ3) is 3.77. The van der Waals surface area contributed by atoms with E-state index in [9.17, 15) is 4.79 Å². The van der Waals surface area contributed by atoms with Gasteiger partial charge in [-0.3, -0.25) is 0 Å². The highest BCUT2D eigenvalue weighted by atomic mass is 35.5. The van der Waals surface area contributed by atoms with Gasteiger partial charge in [0.2, 0.25) is 0 Å². The van der Waals surface area contributed by atoms with Gasteiger partial charge in [-0.1, -0.05) is 23.7 Å². The molecule has 0 fully saturated rings. The number of esters is 1. The van der Waals surface area contributed by atoms with Crippen molar-refractivity contribution in [3.8, 4) is 0 Å². The number of carbonyl (C=O) groups excluding carboxylic acids is 1. The van der Waals surface area contributed by atoms with Gasteiger partial charge in [-0.05, 0) is 17.7 Å². The largest absolute Gasteiger partial charge is 0.459 e. The molecule has 0 aliphatic rings. The summed E-state index contributed by atoms with van der Waals surface area (Å²) in [5.74, 6) is -0.373. The van der Waals surface area contributed by atoms with Gasteiger partial charge in [-0.25, -0.2) is 4.79 Å². The molecule has 4 heteroatoms. The maximum Gasteiger partial charge on any atom is 0.332 e. The van der Waals surface area contributed by atoms with Crippen LogP contribution in [0.15, 0.2) is 24.3 Å². The summed E-state index contributed by atoms with van der Waals surface area (Å²) in [7, 11) is 1.45. The zero-order valence-corrected chi connectivity index (χ0v) is 8.58. The van der Waals surface area contributed by atoms with Crippen molar-refractivity contribution in [1.82, 2.24) is 0 Å². The zero-order valence-electron chi connectivity index (χ0n) is 7.83. The van der Waals surface area contributed by atoms with Crippen LogP contribution in [0, 0.1) is 0 Å². The summed E-state index contributed by atoms with van der Waals surface area (Å²) in [6.07, 6.45) is 0. The van der Waals surface area contributed by atoms with Gasteiger partial charge in [0.1, 0.15) is 13.2 Å². The Morgan fingerprint density at radius 2 is 2.00 bits per heavy atom. The van der Waals surface area contributed by atoms with Gasteiger partial charge in [-0.15, -0.1) is 0 Å². The predicted molar refractivity (Wildman–Crippen MR) is 53.1 cm³/mol. The number of rotatable bonds is 4. The molecule has 1 aromatic rings. The van der Waals surface area contributed by atoms with Crippen LogP contribution in [0.25, 0.3) is 0 Å². The lowest BCUT2D eigenvalue weighted by Crippen LogP contribution is -2.10. The van der Waals surface area contributed by atoms with E-state index >= 15 is 0 Å². The Labute approximate surface area is 87.6 Å². The lowest BCUT2D eigenvalue weighted by Gasteiger charge is -2.03. The van der Waals surface area contributed by atoms with Gasteiger partial charge < -0.3 is 9.47 Å². The molecule has 0 aliphatic carbocycles. The van der Waals surface area contributed by atoms with Crippen molar-refractivity contribution in [3.05, 3.63) is 34.9 Å². The van der Waals surface area contributed by atoms with E-state index in [2.05, 4.69) is 4.74 Å². The molecule has 0 unspecified atom stereocenters. The van der Waals surface area contributed by atoms with E-state index in [4.69, 9.17) is 16.3 Å². The molecule has 0 radical (unpaired) electrons. The molecule has 0 bridgehead atoms. The van der Waals surface area contributed by atoms with Crippen molar-refractivity contribution < 1.29 is 14.3 Å². The van der Waals surface area contributed by atoms with Gasteiger partial charge in [0.25, 0.3) is 0 Å². The van der Waals surface area contributed by atoms with Crippen molar-refractivity contribution in [2.24, 2.45) is 0 Å². The number of halogens is 1. The van der Waals surface area contributed by atoms with Crippen molar-refractivity contribution >= 4 is 17.6 Å². The molecule has 14 heavy (non-hydrogen) atoms. The van der Waals surface area contributed by atoms with Crippen molar-refractivity contribution in [1.29, 1.82) is 0 Å². The summed E-state index contributed by atoms with van der Waals surface area (Å²) in [5.41, 5.74) is 0.902. The Hall–Kier alpha value is -1.06. The first-order valence-corrected chi connectivity index (χ1v) is 4.49. The average Bonchev–Trinajstić information content (AvgIpc) is 2.17. The minimum atomic E-state index is -0.373. The molecule has 0 spiro atoms. The third-order valence-electron chi connectivity index (χ3n) is 1.58. The van der Waals surface area contributed by atoms with Crippen LogP contribution in [0.1, 0.15) is 5.56 Å². The summed E-state index contributed by atoms with van der Waals surface area (Å²) in [6.45, 7) is 0.229. The highest BCUT2D eigenvalue weighted by molar-refractivity contribution is 6.30. The molecule has 76 valence electrons. The molecule has 0 atom stereocenters. The lowest BCUT2D eigenvalue weighted by molar-refractivity contribution is -0.149. The Kier molecular flexibility index (Phi) is 4.43. The second kappa shape index (κ2) is 5.62. The number of benzene rings is 1. The summed E-state index contributed by atoms with van der Waals surface area (Å²) >= 11 is 5.70. The van der Waals surface area contributed by atoms with Crippen LogP contribution in [0.4, 0.5) is 0 Å². The standard InChI is InChI=1S/C10H11ClO3/c1-13-7-10(12)14-6-8-2-4-9(11)5-3-8/h2-5H,6-7H2,1H3. The number of carbonyl (C=O) groups is 1. The molecule has 1 aromatic carbocycles. The highest BCUT2D eigenvalue weighted by Gasteiger charge is 2.01. The van der Waals surface area contributed by atoms with E-state index in [1.807, 2.05) is 12.1 Å². The SMILES string of the molecule is COCC(=O)OCc1ccc(Cl)cc1. The maximum absolute atomic E-state index is 10.9. The Morgan fingerprint density at radius 1 is 1.36 bits per heavy atom. The van der Waals surface area contributed by atoms with Gasteiger partial charge in [0.15, 0.2) is 0 Å². The molecule has 0 amide bonds. The molecule has 3 nitrogen and oxygen atoms in total. The number of hydrogen-bond acceptors (Lipinski definition) is 3. The Morgan fingerprint density at radius 3 is 2.57 bits per heavy atom. The quantitative estimate of drug-likeness (QED) is 0.720. The maximum atomic E-state index is 10.9. The molecule has 0 heterocycles. The van der Waals surface area contributed by atoms with E-state index in [0.717, 1.165) is 5.56 Å². The molecule has 1 rings (SSSR count). The first-order valence-electron chi connectivity index (χ1n) is 4.11. The van der Waals surface area contributed by atoms with E-state index in [0.29, 0.717) is 5.02 Å². The second-order valence-electron chi connectivity index (χ2n) is 2.72. The fourth-order valence-electron chi connectivity index (χ4n) is 0.904. The average molecular weight is 215 g/mol. The molecule has 0 N–H and O–H groups in total. The van der Waals surface area contributed by atoms with Gasteiger partial charge in [0.05, 0.1) is 0 Å². The molecule has 0 aliphatic heterocycles. The number of ether oxygens (including phenoxy) is 2. The smallest absolute Gasteiger partial charge is 0.332 e. The van der Waals surface area contributed by atoms with Crippen molar-refractivity contribution in [2.75, 3.05) is 13.7 Å². The minimum absolute atomic E-state index is 0.0202. The Bertz CT molecular complexity index is 295. The fourth-order valence-corrected chi connectivity index (χ4v) is 1.03. The lowest BCUT2D eigenvalue weighted by atomic mass is 10.2. The molecular weight excluding hydrogens is 204 g/mol. The molecular formula is C10H11ClO3. The molecule has 0 saturated carbocycles. The van der Waals surface area contributed by atoms with Crippen LogP contribution >= 0.6 is 11.6 Å². The highest BCUT2D eigenvalue weighted by Crippen LogP contribution is 2.10. The monoisotopic (exact) mass is 214 g/mol. The van der Waals surface area contributed by atoms with E-state index in [-0.39, 0.29) is 19.2 Å². The van der Waals surface area contributed by atoms with E-state index < -0.39 is 0 Å². The Balaban J connectivity index is 2.38. The normalized spacial score (nSPS) is 9.86. The van der Waals surface area contributed by atoms with Crippen LogP contribution in [-0.2, 0) is 20.9 Å².